The van der Waals surface area contributed by atoms with Gasteiger partial charge in [-0.25, -0.2) is 4.98 Å². The van der Waals surface area contributed by atoms with Crippen molar-refractivity contribution < 1.29 is 0 Å². The lowest BCUT2D eigenvalue weighted by atomic mass is 9.90. The molecule has 0 saturated heterocycles. The van der Waals surface area contributed by atoms with Gasteiger partial charge in [0.2, 0.25) is 0 Å². The number of aryl methyl sites for hydroxylation is 1. The number of hydrogen-bond acceptors (Lipinski definition) is 6. The molecular weight excluding hydrogens is 554 g/mol. The number of nitrogens with two attached hydrogens (primary N) is 1. The number of rotatable bonds is 11. The second-order valence-electron chi connectivity index (χ2n) is 11.7. The Morgan fingerprint density at radius 2 is 1.69 bits per heavy atom. The van der Waals surface area contributed by atoms with Gasteiger partial charge in [0.15, 0.2) is 0 Å². The Morgan fingerprint density at radius 3 is 2.47 bits per heavy atom. The minimum absolute atomic E-state index is 0. The molecule has 45 heavy (non-hydrogen) atoms. The Hall–Kier alpha value is -4.59. The van der Waals surface area contributed by atoms with E-state index in [9.17, 15) is 0 Å². The highest BCUT2D eigenvalue weighted by molar-refractivity contribution is 6.00. The Bertz CT molecular complexity index is 1720. The first-order chi connectivity index (χ1) is 21.5. The first-order valence-electron chi connectivity index (χ1n) is 15.5. The molecule has 4 N–H and O–H groups in total. The van der Waals surface area contributed by atoms with Crippen molar-refractivity contribution in [2.45, 2.75) is 66.2 Å². The fraction of sp³-hybridized carbons (Fsp3) is 0.289. The molecule has 5 aromatic rings. The third-order valence-electron chi connectivity index (χ3n) is 8.40. The zero-order valence-electron chi connectivity index (χ0n) is 25.6. The number of pyridine rings is 1. The maximum atomic E-state index is 6.25. The zero-order chi connectivity index (χ0) is 30.3. The highest BCUT2D eigenvalue weighted by atomic mass is 15.2. The van der Waals surface area contributed by atoms with Crippen LogP contribution < -0.4 is 11.1 Å². The van der Waals surface area contributed by atoms with Crippen LogP contribution in [0.4, 0.5) is 5.69 Å². The van der Waals surface area contributed by atoms with Crippen LogP contribution in [0.15, 0.2) is 113 Å². The van der Waals surface area contributed by atoms with Gasteiger partial charge in [0.1, 0.15) is 5.82 Å². The average Bonchev–Trinajstić information content (AvgIpc) is 3.46. The number of nitrogens with zero attached hydrogens (tertiary/aromatic N) is 4. The van der Waals surface area contributed by atoms with Gasteiger partial charge >= 0.3 is 0 Å². The topological polar surface area (TPSA) is 95.2 Å². The van der Waals surface area contributed by atoms with E-state index in [0.717, 1.165) is 72.0 Å². The number of fused-ring (bicyclic) bond motifs is 2. The predicted octanol–water partition coefficient (Wildman–Crippen LogP) is 7.79. The second-order valence-corrected chi connectivity index (χ2v) is 11.7. The van der Waals surface area contributed by atoms with Crippen LogP contribution in [0.25, 0.3) is 11.0 Å². The first-order valence-corrected chi connectivity index (χ1v) is 15.5. The summed E-state index contributed by atoms with van der Waals surface area (Å²) in [5.74, 6) is 0.986. The van der Waals surface area contributed by atoms with Gasteiger partial charge in [-0.3, -0.25) is 14.9 Å². The van der Waals surface area contributed by atoms with Crippen LogP contribution in [0.3, 0.4) is 0 Å². The van der Waals surface area contributed by atoms with E-state index in [1.165, 1.54) is 28.8 Å². The van der Waals surface area contributed by atoms with Gasteiger partial charge in [0, 0.05) is 42.8 Å². The lowest BCUT2D eigenvalue weighted by Gasteiger charge is -2.34. The van der Waals surface area contributed by atoms with E-state index in [0.29, 0.717) is 6.54 Å². The first kappa shape index (κ1) is 31.8. The van der Waals surface area contributed by atoms with Crippen LogP contribution in [0.5, 0.6) is 0 Å². The van der Waals surface area contributed by atoms with E-state index >= 15 is 0 Å². The zero-order valence-corrected chi connectivity index (χ0v) is 25.6. The van der Waals surface area contributed by atoms with Crippen LogP contribution in [-0.2, 0) is 26.1 Å². The Labute approximate surface area is 267 Å². The molecule has 1 aliphatic rings. The van der Waals surface area contributed by atoms with Crippen molar-refractivity contribution in [3.05, 3.63) is 137 Å². The van der Waals surface area contributed by atoms with Crippen molar-refractivity contribution in [1.82, 2.24) is 25.2 Å². The second kappa shape index (κ2) is 14.9. The number of para-hydroxylation sites is 3. The largest absolute Gasteiger partial charge is 0.402 e. The fourth-order valence-electron chi connectivity index (χ4n) is 6.13. The monoisotopic (exact) mass is 599 g/mol. The summed E-state index contributed by atoms with van der Waals surface area (Å²) in [6, 6.07) is 31.7. The number of aromatic nitrogens is 3. The average molecular weight is 600 g/mol. The third-order valence-corrected chi connectivity index (χ3v) is 8.40. The molecule has 1 unspecified atom stereocenters. The minimum atomic E-state index is 0. The van der Waals surface area contributed by atoms with Gasteiger partial charge in [-0.1, -0.05) is 68.1 Å². The van der Waals surface area contributed by atoms with Crippen molar-refractivity contribution in [3.8, 4) is 0 Å². The molecule has 6 rings (SSSR count). The Balaban J connectivity index is 0.00000400. The molecule has 2 heterocycles. The van der Waals surface area contributed by atoms with Gasteiger partial charge in [-0.05, 0) is 80.1 Å². The highest BCUT2D eigenvalue weighted by Crippen LogP contribution is 2.34. The molecule has 7 nitrogen and oxygen atoms in total. The third kappa shape index (κ3) is 7.93. The molecule has 0 spiro atoms. The van der Waals surface area contributed by atoms with Crippen LogP contribution >= 0.6 is 0 Å². The number of nitrogens with one attached hydrogen (secondary N) is 2. The summed E-state index contributed by atoms with van der Waals surface area (Å²) in [6.45, 7) is 6.92. The number of imidazole rings is 1. The summed E-state index contributed by atoms with van der Waals surface area (Å²) >= 11 is 0. The molecule has 0 saturated carbocycles. The lowest BCUT2D eigenvalue weighted by molar-refractivity contribution is 0.153. The lowest BCUT2D eigenvalue weighted by Crippen LogP contribution is -2.31. The summed E-state index contributed by atoms with van der Waals surface area (Å²) in [7, 11) is 0. The molecule has 0 amide bonds. The van der Waals surface area contributed by atoms with Gasteiger partial charge in [-0.2, -0.15) is 0 Å². The Kier molecular flexibility index (Phi) is 10.6. The van der Waals surface area contributed by atoms with Crippen molar-refractivity contribution in [1.29, 1.82) is 0 Å². The molecular formula is C38H45N7. The molecule has 3 aromatic carbocycles. The predicted molar refractivity (Wildman–Crippen MR) is 186 cm³/mol. The van der Waals surface area contributed by atoms with Crippen LogP contribution in [-0.4, -0.2) is 32.1 Å². The SMILES string of the molecule is C.CC(=Nc1ccccc1)C(CNCc1ccc(CN(Cc2nc3ccccc3[nH]2)C2CCCc3cccnc32)cc1)=C(C)N. The van der Waals surface area contributed by atoms with Gasteiger partial charge in [-0.15, -0.1) is 0 Å². The Morgan fingerprint density at radius 1 is 0.933 bits per heavy atom. The maximum absolute atomic E-state index is 6.25. The fourth-order valence-corrected chi connectivity index (χ4v) is 6.13. The molecule has 2 aromatic heterocycles. The quantitative estimate of drug-likeness (QED) is 0.135. The molecule has 0 fully saturated rings. The number of H-pyrrole nitrogens is 1. The van der Waals surface area contributed by atoms with Gasteiger partial charge < -0.3 is 16.0 Å². The van der Waals surface area contributed by atoms with E-state index in [4.69, 9.17) is 20.7 Å². The molecule has 0 radical (unpaired) electrons. The number of benzene rings is 3. The van der Waals surface area contributed by atoms with Crippen molar-refractivity contribution in [2.24, 2.45) is 10.7 Å². The van der Waals surface area contributed by atoms with Crippen molar-refractivity contribution in [3.63, 3.8) is 0 Å². The van der Waals surface area contributed by atoms with E-state index in [-0.39, 0.29) is 13.5 Å². The van der Waals surface area contributed by atoms with E-state index in [1.807, 2.05) is 62.5 Å². The summed E-state index contributed by atoms with van der Waals surface area (Å²) in [4.78, 5) is 20.6. The normalized spacial score (nSPS) is 15.4. The van der Waals surface area contributed by atoms with E-state index in [2.05, 4.69) is 63.7 Å². The number of aromatic amines is 1. The van der Waals surface area contributed by atoms with Gasteiger partial charge in [0.25, 0.3) is 0 Å². The molecule has 0 bridgehead atoms. The number of hydrogen-bond donors (Lipinski definition) is 3. The summed E-state index contributed by atoms with van der Waals surface area (Å²) in [5.41, 5.74) is 17.1. The molecule has 0 aliphatic heterocycles. The number of allylic oxidation sites excluding steroid dienone is 1. The van der Waals surface area contributed by atoms with E-state index in [1.54, 1.807) is 0 Å². The van der Waals surface area contributed by atoms with Crippen LogP contribution in [0.2, 0.25) is 0 Å². The summed E-state index contributed by atoms with van der Waals surface area (Å²) < 4.78 is 0. The standard InChI is InChI=1S/C37H41N7.CH4/c1-26(38)32(27(2)41-31-12-4-3-5-13-31)23-39-22-28-17-19-29(20-18-28)24-44(25-36-42-33-14-6-7-15-34(33)43-36)35-16-8-10-30-11-9-21-40-37(30)35;/h3-7,9,11-15,17-21,35,39H,8,10,16,22-25,38H2,1-2H3,(H,42,43);1H4. The minimum Gasteiger partial charge on any atom is -0.402 e. The van der Waals surface area contributed by atoms with Crippen LogP contribution in [0.1, 0.15) is 68.4 Å². The van der Waals surface area contributed by atoms with E-state index < -0.39 is 0 Å². The molecule has 232 valence electrons. The van der Waals surface area contributed by atoms with Crippen LogP contribution in [0, 0.1) is 0 Å². The molecule has 1 atom stereocenters. The molecule has 1 aliphatic carbocycles. The number of aliphatic imine (C=N–C) groups is 1. The smallest absolute Gasteiger partial charge is 0.121 e. The highest BCUT2D eigenvalue weighted by Gasteiger charge is 2.28. The van der Waals surface area contributed by atoms with Crippen molar-refractivity contribution >= 4 is 22.4 Å². The summed E-state index contributed by atoms with van der Waals surface area (Å²) in [6.07, 6.45) is 5.28. The van der Waals surface area contributed by atoms with Gasteiger partial charge in [0.05, 0.1) is 35.0 Å². The summed E-state index contributed by atoms with van der Waals surface area (Å²) in [5, 5.41) is 3.57. The molecule has 7 heteroatoms. The maximum Gasteiger partial charge on any atom is 0.121 e. The van der Waals surface area contributed by atoms with Crippen molar-refractivity contribution in [2.75, 3.05) is 6.54 Å².